The van der Waals surface area contributed by atoms with E-state index in [1.54, 1.807) is 13.4 Å². The van der Waals surface area contributed by atoms with Crippen molar-refractivity contribution >= 4 is 22.7 Å². The molecule has 0 aromatic carbocycles. The third-order valence-electron chi connectivity index (χ3n) is 3.15. The van der Waals surface area contributed by atoms with Crippen molar-refractivity contribution in [2.24, 2.45) is 10.7 Å². The molecule has 2 heterocycles. The Hall–Kier alpha value is -2.31. The highest BCUT2D eigenvalue weighted by Crippen LogP contribution is 2.33. The number of anilines is 1. The van der Waals surface area contributed by atoms with E-state index in [4.69, 9.17) is 10.5 Å². The van der Waals surface area contributed by atoms with Gasteiger partial charge in [-0.1, -0.05) is 0 Å². The van der Waals surface area contributed by atoms with Crippen LogP contribution < -0.4 is 15.4 Å². The summed E-state index contributed by atoms with van der Waals surface area (Å²) >= 11 is 0. The van der Waals surface area contributed by atoms with Gasteiger partial charge >= 0.3 is 0 Å². The number of amidine groups is 1. The van der Waals surface area contributed by atoms with Gasteiger partial charge in [-0.05, 0) is 13.8 Å². The fourth-order valence-corrected chi connectivity index (χ4v) is 2.08. The monoisotopic (exact) mass is 276 g/mol. The molecule has 0 aliphatic heterocycles. The third-order valence-corrected chi connectivity index (χ3v) is 3.15. The normalized spacial score (nSPS) is 11.9. The average Bonchev–Trinajstić information content (AvgIpc) is 2.92. The van der Waals surface area contributed by atoms with Crippen molar-refractivity contribution in [2.45, 2.75) is 13.8 Å². The fourth-order valence-electron chi connectivity index (χ4n) is 2.08. The Morgan fingerprint density at radius 1 is 1.50 bits per heavy atom. The van der Waals surface area contributed by atoms with E-state index < -0.39 is 0 Å². The smallest absolute Gasteiger partial charge is 0.240 e. The molecule has 7 heteroatoms. The minimum atomic E-state index is 0.456. The summed E-state index contributed by atoms with van der Waals surface area (Å²) in [6.07, 6.45) is 1.59. The van der Waals surface area contributed by atoms with Gasteiger partial charge in [0.05, 0.1) is 24.5 Å². The van der Waals surface area contributed by atoms with Crippen molar-refractivity contribution in [2.75, 3.05) is 32.1 Å². The predicted molar refractivity (Wildman–Crippen MR) is 80.7 cm³/mol. The van der Waals surface area contributed by atoms with Crippen LogP contribution in [0.4, 0.5) is 5.69 Å². The lowest BCUT2D eigenvalue weighted by Gasteiger charge is -2.22. The number of rotatable bonds is 5. The zero-order valence-electron chi connectivity index (χ0n) is 12.3. The second-order valence-electron chi connectivity index (χ2n) is 4.32. The largest absolute Gasteiger partial charge is 0.479 e. The number of methoxy groups -OCH3 is 1. The molecule has 2 aromatic heterocycles. The van der Waals surface area contributed by atoms with Crippen molar-refractivity contribution in [1.29, 1.82) is 0 Å². The van der Waals surface area contributed by atoms with E-state index in [-0.39, 0.29) is 0 Å². The molecule has 0 amide bonds. The maximum absolute atomic E-state index is 6.14. The first kappa shape index (κ1) is 14.1. The first-order valence-electron chi connectivity index (χ1n) is 6.56. The predicted octanol–water partition coefficient (Wildman–Crippen LogP) is 1.15. The number of nitrogens with zero attached hydrogens (tertiary/aromatic N) is 4. The summed E-state index contributed by atoms with van der Waals surface area (Å²) in [6.45, 7) is 5.40. The molecule has 2 rings (SSSR count). The van der Waals surface area contributed by atoms with Gasteiger partial charge in [-0.2, -0.15) is 4.98 Å². The Morgan fingerprint density at radius 2 is 2.25 bits per heavy atom. The lowest BCUT2D eigenvalue weighted by atomic mass is 10.1. The standard InChI is InChI=1S/C13H20N6O/c1-5-15-11(14)8-9-12(17-7-16-9)18-13(20-4)10(8)19(3)6-2/h7H,5-6H2,1-4H3,(H2,14,15)(H,16,17,18). The van der Waals surface area contributed by atoms with Crippen molar-refractivity contribution < 1.29 is 4.74 Å². The zero-order chi connectivity index (χ0) is 14.7. The second-order valence-corrected chi connectivity index (χ2v) is 4.32. The molecule has 0 unspecified atom stereocenters. The maximum atomic E-state index is 6.14. The Bertz CT molecular complexity index is 633. The number of aromatic amines is 1. The number of hydrogen-bond donors (Lipinski definition) is 2. The summed E-state index contributed by atoms with van der Waals surface area (Å²) in [5, 5.41) is 0. The van der Waals surface area contributed by atoms with Crippen LogP contribution in [-0.2, 0) is 0 Å². The van der Waals surface area contributed by atoms with Crippen LogP contribution in [0.25, 0.3) is 11.2 Å². The van der Waals surface area contributed by atoms with E-state index in [9.17, 15) is 0 Å². The fraction of sp³-hybridized carbons (Fsp3) is 0.462. The highest BCUT2D eigenvalue weighted by atomic mass is 16.5. The molecule has 2 aromatic rings. The summed E-state index contributed by atoms with van der Waals surface area (Å²) in [6, 6.07) is 0. The molecule has 0 spiro atoms. The van der Waals surface area contributed by atoms with E-state index in [0.717, 1.165) is 23.3 Å². The van der Waals surface area contributed by atoms with Gasteiger partial charge in [0, 0.05) is 20.1 Å². The Labute approximate surface area is 117 Å². The van der Waals surface area contributed by atoms with E-state index in [1.807, 2.05) is 25.8 Å². The first-order valence-corrected chi connectivity index (χ1v) is 6.56. The zero-order valence-corrected chi connectivity index (χ0v) is 12.3. The van der Waals surface area contributed by atoms with Crippen molar-refractivity contribution in [3.63, 3.8) is 0 Å². The van der Waals surface area contributed by atoms with Crippen LogP contribution in [-0.4, -0.2) is 48.0 Å². The maximum Gasteiger partial charge on any atom is 0.240 e. The van der Waals surface area contributed by atoms with Crippen LogP contribution in [0.5, 0.6) is 5.88 Å². The second kappa shape index (κ2) is 5.77. The van der Waals surface area contributed by atoms with Crippen LogP contribution in [0.2, 0.25) is 0 Å². The highest BCUT2D eigenvalue weighted by Gasteiger charge is 2.22. The molecule has 0 fully saturated rings. The Balaban J connectivity index is 2.83. The quantitative estimate of drug-likeness (QED) is 0.631. The summed E-state index contributed by atoms with van der Waals surface area (Å²) in [5.74, 6) is 0.955. The van der Waals surface area contributed by atoms with Crippen LogP contribution in [0.1, 0.15) is 19.4 Å². The van der Waals surface area contributed by atoms with E-state index in [2.05, 4.69) is 19.9 Å². The van der Waals surface area contributed by atoms with Gasteiger partial charge in [0.25, 0.3) is 0 Å². The van der Waals surface area contributed by atoms with Gasteiger partial charge in [0.2, 0.25) is 5.88 Å². The van der Waals surface area contributed by atoms with Crippen LogP contribution >= 0.6 is 0 Å². The number of imidazole rings is 1. The lowest BCUT2D eigenvalue weighted by molar-refractivity contribution is 0.399. The summed E-state index contributed by atoms with van der Waals surface area (Å²) in [4.78, 5) is 18.0. The van der Waals surface area contributed by atoms with Gasteiger partial charge in [-0.15, -0.1) is 0 Å². The van der Waals surface area contributed by atoms with Crippen LogP contribution in [0.3, 0.4) is 0 Å². The molecule has 0 bridgehead atoms. The molecule has 0 atom stereocenters. The van der Waals surface area contributed by atoms with E-state index in [0.29, 0.717) is 23.9 Å². The minimum Gasteiger partial charge on any atom is -0.479 e. The molecule has 20 heavy (non-hydrogen) atoms. The van der Waals surface area contributed by atoms with Gasteiger partial charge in [-0.3, -0.25) is 4.99 Å². The average molecular weight is 276 g/mol. The number of H-pyrrole nitrogens is 1. The SMILES string of the molecule is CCN=C(N)c1c(N(C)CC)c(OC)nc2nc[nH]c12. The lowest BCUT2D eigenvalue weighted by Crippen LogP contribution is -2.24. The number of ether oxygens (including phenoxy) is 1. The number of aromatic nitrogens is 3. The van der Waals surface area contributed by atoms with Gasteiger partial charge < -0.3 is 20.4 Å². The molecule has 3 N–H and O–H groups in total. The van der Waals surface area contributed by atoms with Crippen molar-refractivity contribution in [1.82, 2.24) is 15.0 Å². The third kappa shape index (κ3) is 2.26. The molecule has 0 aliphatic rings. The number of aliphatic imine (C=N–C) groups is 1. The van der Waals surface area contributed by atoms with Crippen molar-refractivity contribution in [3.05, 3.63) is 11.9 Å². The summed E-state index contributed by atoms with van der Waals surface area (Å²) < 4.78 is 5.40. The summed E-state index contributed by atoms with van der Waals surface area (Å²) in [7, 11) is 3.55. The van der Waals surface area contributed by atoms with Crippen molar-refractivity contribution in [3.8, 4) is 5.88 Å². The van der Waals surface area contributed by atoms with E-state index in [1.165, 1.54) is 0 Å². The van der Waals surface area contributed by atoms with Gasteiger partial charge in [0.15, 0.2) is 5.65 Å². The minimum absolute atomic E-state index is 0.456. The van der Waals surface area contributed by atoms with Crippen LogP contribution in [0.15, 0.2) is 11.3 Å². The first-order chi connectivity index (χ1) is 9.63. The Kier molecular flexibility index (Phi) is 4.07. The molecular formula is C13H20N6O. The topological polar surface area (TPSA) is 92.4 Å². The molecule has 0 saturated heterocycles. The molecule has 108 valence electrons. The molecule has 7 nitrogen and oxygen atoms in total. The Morgan fingerprint density at radius 3 is 2.85 bits per heavy atom. The number of hydrogen-bond acceptors (Lipinski definition) is 5. The number of nitrogens with one attached hydrogen (secondary N) is 1. The molecule has 0 saturated carbocycles. The number of fused-ring (bicyclic) bond motifs is 1. The van der Waals surface area contributed by atoms with Gasteiger partial charge in [-0.25, -0.2) is 4.98 Å². The number of nitrogens with two attached hydrogens (primary N) is 1. The van der Waals surface area contributed by atoms with E-state index >= 15 is 0 Å². The molecular weight excluding hydrogens is 256 g/mol. The molecule has 0 radical (unpaired) electrons. The number of pyridine rings is 1. The summed E-state index contributed by atoms with van der Waals surface area (Å²) in [5.41, 5.74) is 9.09. The highest BCUT2D eigenvalue weighted by molar-refractivity contribution is 6.12. The molecule has 0 aliphatic carbocycles. The van der Waals surface area contributed by atoms with Gasteiger partial charge in [0.1, 0.15) is 11.5 Å². The van der Waals surface area contributed by atoms with Crippen LogP contribution in [0, 0.1) is 0 Å².